The molecule has 116 valence electrons. The van der Waals surface area contributed by atoms with Crippen molar-refractivity contribution in [2.45, 2.75) is 11.4 Å². The summed E-state index contributed by atoms with van der Waals surface area (Å²) in [5.41, 5.74) is 0.947. The lowest BCUT2D eigenvalue weighted by Crippen LogP contribution is -2.32. The SMILES string of the molecule is CN(Cc1ccccc1)C(=O)CS(=O)(=O)c1ccc(Cl)cc1. The van der Waals surface area contributed by atoms with Gasteiger partial charge in [-0.3, -0.25) is 4.79 Å². The van der Waals surface area contributed by atoms with Gasteiger partial charge in [-0.05, 0) is 29.8 Å². The van der Waals surface area contributed by atoms with E-state index in [0.29, 0.717) is 11.6 Å². The molecule has 0 aliphatic carbocycles. The van der Waals surface area contributed by atoms with Gasteiger partial charge >= 0.3 is 0 Å². The van der Waals surface area contributed by atoms with Crippen molar-refractivity contribution in [2.75, 3.05) is 12.8 Å². The average Bonchev–Trinajstić information content (AvgIpc) is 2.48. The second kappa shape index (κ2) is 6.94. The normalized spacial score (nSPS) is 11.2. The lowest BCUT2D eigenvalue weighted by molar-refractivity contribution is -0.127. The van der Waals surface area contributed by atoms with E-state index in [1.165, 1.54) is 29.2 Å². The molecule has 0 unspecified atom stereocenters. The molecule has 0 aromatic heterocycles. The van der Waals surface area contributed by atoms with Gasteiger partial charge in [0.2, 0.25) is 5.91 Å². The maximum absolute atomic E-state index is 12.2. The Morgan fingerprint density at radius 1 is 1.05 bits per heavy atom. The molecule has 0 fully saturated rings. The number of benzene rings is 2. The number of rotatable bonds is 5. The summed E-state index contributed by atoms with van der Waals surface area (Å²) in [5.74, 6) is -1.00. The molecule has 0 aliphatic rings. The number of hydrogen-bond acceptors (Lipinski definition) is 3. The highest BCUT2D eigenvalue weighted by Crippen LogP contribution is 2.16. The highest BCUT2D eigenvalue weighted by atomic mass is 35.5. The van der Waals surface area contributed by atoms with E-state index in [1.54, 1.807) is 7.05 Å². The zero-order valence-corrected chi connectivity index (χ0v) is 13.6. The van der Waals surface area contributed by atoms with Gasteiger partial charge in [0.05, 0.1) is 4.90 Å². The minimum atomic E-state index is -3.66. The summed E-state index contributed by atoms with van der Waals surface area (Å²) in [4.78, 5) is 13.6. The Labute approximate surface area is 135 Å². The fraction of sp³-hybridized carbons (Fsp3) is 0.188. The monoisotopic (exact) mass is 337 g/mol. The quantitative estimate of drug-likeness (QED) is 0.843. The molecule has 0 saturated heterocycles. The van der Waals surface area contributed by atoms with Crippen LogP contribution in [0.15, 0.2) is 59.5 Å². The van der Waals surface area contributed by atoms with Crippen LogP contribution in [0.2, 0.25) is 5.02 Å². The summed E-state index contributed by atoms with van der Waals surface area (Å²) in [5, 5.41) is 0.450. The molecule has 22 heavy (non-hydrogen) atoms. The van der Waals surface area contributed by atoms with Crippen molar-refractivity contribution in [3.05, 3.63) is 65.2 Å². The Hall–Kier alpha value is -1.85. The number of carbonyl (C=O) groups excluding carboxylic acids is 1. The number of nitrogens with zero attached hydrogens (tertiary/aromatic N) is 1. The Balaban J connectivity index is 2.05. The number of hydrogen-bond donors (Lipinski definition) is 0. The maximum Gasteiger partial charge on any atom is 0.238 e. The van der Waals surface area contributed by atoms with Gasteiger partial charge < -0.3 is 4.90 Å². The van der Waals surface area contributed by atoms with Gasteiger partial charge in [0, 0.05) is 18.6 Å². The van der Waals surface area contributed by atoms with Crippen LogP contribution in [0.3, 0.4) is 0 Å². The van der Waals surface area contributed by atoms with Gasteiger partial charge in [-0.15, -0.1) is 0 Å². The zero-order chi connectivity index (χ0) is 16.2. The van der Waals surface area contributed by atoms with E-state index in [4.69, 9.17) is 11.6 Å². The molecule has 0 aliphatic heterocycles. The van der Waals surface area contributed by atoms with Crippen LogP contribution in [0, 0.1) is 0 Å². The molecule has 0 N–H and O–H groups in total. The van der Waals surface area contributed by atoms with Crippen LogP contribution in [-0.2, 0) is 21.2 Å². The molecular weight excluding hydrogens is 322 g/mol. The highest BCUT2D eigenvalue weighted by Gasteiger charge is 2.21. The fourth-order valence-corrected chi connectivity index (χ4v) is 3.33. The molecule has 0 heterocycles. The van der Waals surface area contributed by atoms with E-state index in [2.05, 4.69) is 0 Å². The van der Waals surface area contributed by atoms with Gasteiger partial charge in [-0.25, -0.2) is 8.42 Å². The molecule has 4 nitrogen and oxygen atoms in total. The van der Waals surface area contributed by atoms with Crippen molar-refractivity contribution in [1.29, 1.82) is 0 Å². The summed E-state index contributed by atoms with van der Waals surface area (Å²) in [7, 11) is -2.07. The summed E-state index contributed by atoms with van der Waals surface area (Å²) >= 11 is 5.74. The molecule has 6 heteroatoms. The van der Waals surface area contributed by atoms with E-state index in [0.717, 1.165) is 5.56 Å². The Morgan fingerprint density at radius 3 is 2.23 bits per heavy atom. The summed E-state index contributed by atoms with van der Waals surface area (Å²) in [6.07, 6.45) is 0. The smallest absolute Gasteiger partial charge is 0.238 e. The van der Waals surface area contributed by atoms with Crippen LogP contribution in [0.25, 0.3) is 0 Å². The predicted molar refractivity (Wildman–Crippen MR) is 86.4 cm³/mol. The number of amides is 1. The molecule has 2 aromatic carbocycles. The van der Waals surface area contributed by atoms with E-state index in [9.17, 15) is 13.2 Å². The first-order valence-electron chi connectivity index (χ1n) is 6.65. The van der Waals surface area contributed by atoms with Crippen molar-refractivity contribution in [3.63, 3.8) is 0 Å². The molecule has 0 radical (unpaired) electrons. The topological polar surface area (TPSA) is 54.5 Å². The molecule has 1 amide bonds. The molecule has 2 rings (SSSR count). The van der Waals surface area contributed by atoms with E-state index < -0.39 is 21.5 Å². The summed E-state index contributed by atoms with van der Waals surface area (Å²) in [6, 6.07) is 15.2. The van der Waals surface area contributed by atoms with Gasteiger partial charge in [-0.1, -0.05) is 41.9 Å². The van der Waals surface area contributed by atoms with Gasteiger partial charge in [-0.2, -0.15) is 0 Å². The molecule has 0 spiro atoms. The number of carbonyl (C=O) groups is 1. The van der Waals surface area contributed by atoms with Gasteiger partial charge in [0.25, 0.3) is 0 Å². The summed E-state index contributed by atoms with van der Waals surface area (Å²) in [6.45, 7) is 0.371. The Bertz CT molecular complexity index is 743. The first-order valence-corrected chi connectivity index (χ1v) is 8.68. The highest BCUT2D eigenvalue weighted by molar-refractivity contribution is 7.92. The van der Waals surface area contributed by atoms with Crippen LogP contribution in [0.5, 0.6) is 0 Å². The van der Waals surface area contributed by atoms with Crippen LogP contribution < -0.4 is 0 Å². The number of sulfone groups is 1. The Kier molecular flexibility index (Phi) is 5.21. The van der Waals surface area contributed by atoms with Crippen LogP contribution >= 0.6 is 11.6 Å². The van der Waals surface area contributed by atoms with Crippen molar-refractivity contribution in [1.82, 2.24) is 4.90 Å². The third-order valence-electron chi connectivity index (χ3n) is 3.17. The minimum Gasteiger partial charge on any atom is -0.341 e. The lowest BCUT2D eigenvalue weighted by Gasteiger charge is -2.17. The second-order valence-electron chi connectivity index (χ2n) is 4.95. The van der Waals surface area contributed by atoms with E-state index >= 15 is 0 Å². The molecule has 0 atom stereocenters. The minimum absolute atomic E-state index is 0.0957. The Morgan fingerprint density at radius 2 is 1.64 bits per heavy atom. The van der Waals surface area contributed by atoms with E-state index in [1.807, 2.05) is 30.3 Å². The third kappa shape index (κ3) is 4.32. The molecule has 0 bridgehead atoms. The first kappa shape index (κ1) is 16.5. The first-order chi connectivity index (χ1) is 10.4. The summed E-state index contributed by atoms with van der Waals surface area (Å²) < 4.78 is 24.4. The largest absolute Gasteiger partial charge is 0.341 e. The average molecular weight is 338 g/mol. The number of halogens is 1. The molecule has 2 aromatic rings. The predicted octanol–water partition coefficient (Wildman–Crippen LogP) is 2.77. The van der Waals surface area contributed by atoms with Crippen molar-refractivity contribution in [3.8, 4) is 0 Å². The molecule has 0 saturated carbocycles. The fourth-order valence-electron chi connectivity index (χ4n) is 1.94. The second-order valence-corrected chi connectivity index (χ2v) is 7.37. The standard InChI is InChI=1S/C16H16ClNO3S/c1-18(11-13-5-3-2-4-6-13)16(19)12-22(20,21)15-9-7-14(17)8-10-15/h2-10H,11-12H2,1H3. The van der Waals surface area contributed by atoms with Crippen molar-refractivity contribution < 1.29 is 13.2 Å². The third-order valence-corrected chi connectivity index (χ3v) is 5.04. The van der Waals surface area contributed by atoms with Crippen LogP contribution in [-0.4, -0.2) is 32.0 Å². The zero-order valence-electron chi connectivity index (χ0n) is 12.1. The van der Waals surface area contributed by atoms with Crippen LogP contribution in [0.4, 0.5) is 0 Å². The maximum atomic E-state index is 12.2. The van der Waals surface area contributed by atoms with Gasteiger partial charge in [0.1, 0.15) is 5.75 Å². The molecular formula is C16H16ClNO3S. The van der Waals surface area contributed by atoms with Gasteiger partial charge in [0.15, 0.2) is 9.84 Å². The van der Waals surface area contributed by atoms with Crippen molar-refractivity contribution >= 4 is 27.3 Å². The van der Waals surface area contributed by atoms with Crippen LogP contribution in [0.1, 0.15) is 5.56 Å². The van der Waals surface area contributed by atoms with Crippen molar-refractivity contribution in [2.24, 2.45) is 0 Å². The van der Waals surface area contributed by atoms with E-state index in [-0.39, 0.29) is 4.90 Å². The lowest BCUT2D eigenvalue weighted by atomic mass is 10.2.